The van der Waals surface area contributed by atoms with E-state index in [2.05, 4.69) is 20.5 Å². The van der Waals surface area contributed by atoms with E-state index < -0.39 is 0 Å². The summed E-state index contributed by atoms with van der Waals surface area (Å²) < 4.78 is 1.62. The highest BCUT2D eigenvalue weighted by Crippen LogP contribution is 2.32. The number of H-pyrrole nitrogens is 1. The van der Waals surface area contributed by atoms with Gasteiger partial charge in [0, 0.05) is 12.2 Å². The van der Waals surface area contributed by atoms with Crippen molar-refractivity contribution in [1.82, 2.24) is 25.1 Å². The van der Waals surface area contributed by atoms with E-state index in [-0.39, 0.29) is 30.0 Å². The summed E-state index contributed by atoms with van der Waals surface area (Å²) in [6.07, 6.45) is 1.73. The summed E-state index contributed by atoms with van der Waals surface area (Å²) in [5.41, 5.74) is 1.40. The molecule has 0 saturated carbocycles. The van der Waals surface area contributed by atoms with Crippen molar-refractivity contribution in [3.8, 4) is 0 Å². The number of hydrogen-bond acceptors (Lipinski definition) is 5. The highest BCUT2D eigenvalue weighted by molar-refractivity contribution is 7.99. The first-order valence-electron chi connectivity index (χ1n) is 8.06. The highest BCUT2D eigenvalue weighted by atomic mass is 32.2. The molecule has 4 rings (SSSR count). The lowest BCUT2D eigenvalue weighted by molar-refractivity contribution is -0.122. The lowest BCUT2D eigenvalue weighted by Crippen LogP contribution is -2.32. The molecule has 0 saturated heterocycles. The fourth-order valence-corrected chi connectivity index (χ4v) is 4.18. The number of carbonyl (C=O) groups excluding carboxylic acids is 1. The molecule has 1 aliphatic heterocycles. The average molecular weight is 355 g/mol. The van der Waals surface area contributed by atoms with Gasteiger partial charge in [-0.15, -0.1) is 0 Å². The molecule has 1 aliphatic rings. The molecule has 3 aromatic rings. The predicted octanol–water partition coefficient (Wildman–Crippen LogP) is 2.03. The molecule has 25 heavy (non-hydrogen) atoms. The van der Waals surface area contributed by atoms with Crippen LogP contribution in [0.1, 0.15) is 31.0 Å². The van der Waals surface area contributed by atoms with Gasteiger partial charge in [0.15, 0.2) is 10.8 Å². The van der Waals surface area contributed by atoms with Crippen LogP contribution >= 0.6 is 11.8 Å². The van der Waals surface area contributed by atoms with Gasteiger partial charge < -0.3 is 5.32 Å². The van der Waals surface area contributed by atoms with Crippen LogP contribution in [0, 0.1) is 0 Å². The second-order valence-corrected chi connectivity index (χ2v) is 7.06. The van der Waals surface area contributed by atoms with Crippen molar-refractivity contribution in [3.63, 3.8) is 0 Å². The summed E-state index contributed by atoms with van der Waals surface area (Å²) in [5, 5.41) is 10.7. The van der Waals surface area contributed by atoms with Gasteiger partial charge in [0.1, 0.15) is 5.39 Å². The quantitative estimate of drug-likeness (QED) is 0.699. The Balaban J connectivity index is 1.52. The SMILES string of the molecule is CC(NC(=O)CC1CSc2nc3[nH]ncc3c(=O)n21)c1ccccc1. The molecule has 2 unspecified atom stereocenters. The lowest BCUT2D eigenvalue weighted by atomic mass is 10.1. The molecule has 3 heterocycles. The number of hydrogen-bond donors (Lipinski definition) is 2. The Labute approximate surface area is 147 Å². The fourth-order valence-electron chi connectivity index (χ4n) is 3.05. The maximum absolute atomic E-state index is 12.6. The van der Waals surface area contributed by atoms with E-state index in [1.807, 2.05) is 37.3 Å². The minimum Gasteiger partial charge on any atom is -0.350 e. The minimum atomic E-state index is -0.192. The molecular weight excluding hydrogens is 338 g/mol. The molecule has 0 bridgehead atoms. The molecule has 2 N–H and O–H groups in total. The first-order valence-corrected chi connectivity index (χ1v) is 9.05. The maximum atomic E-state index is 12.6. The third-order valence-electron chi connectivity index (χ3n) is 4.35. The number of rotatable bonds is 4. The van der Waals surface area contributed by atoms with Crippen LogP contribution in [0.15, 0.2) is 46.5 Å². The lowest BCUT2D eigenvalue weighted by Gasteiger charge is -2.17. The van der Waals surface area contributed by atoms with Crippen molar-refractivity contribution >= 4 is 28.7 Å². The van der Waals surface area contributed by atoms with Crippen LogP contribution < -0.4 is 10.9 Å². The van der Waals surface area contributed by atoms with Crippen LogP contribution in [-0.4, -0.2) is 31.4 Å². The number of amides is 1. The highest BCUT2D eigenvalue weighted by Gasteiger charge is 2.29. The number of aromatic amines is 1. The van der Waals surface area contributed by atoms with Crippen LogP contribution in [-0.2, 0) is 4.79 Å². The van der Waals surface area contributed by atoms with Crippen molar-refractivity contribution in [1.29, 1.82) is 0 Å². The summed E-state index contributed by atoms with van der Waals surface area (Å²) in [6.45, 7) is 1.95. The van der Waals surface area contributed by atoms with E-state index in [9.17, 15) is 9.59 Å². The Morgan fingerprint density at radius 2 is 2.24 bits per heavy atom. The van der Waals surface area contributed by atoms with E-state index >= 15 is 0 Å². The number of nitrogens with zero attached hydrogens (tertiary/aromatic N) is 3. The summed E-state index contributed by atoms with van der Waals surface area (Å²) in [5.74, 6) is 0.587. The van der Waals surface area contributed by atoms with Gasteiger partial charge in [-0.05, 0) is 12.5 Å². The van der Waals surface area contributed by atoms with E-state index in [1.54, 1.807) is 4.57 Å². The van der Waals surface area contributed by atoms with E-state index in [0.717, 1.165) is 5.56 Å². The van der Waals surface area contributed by atoms with Crippen LogP contribution in [0.25, 0.3) is 11.0 Å². The Hall–Kier alpha value is -2.61. The van der Waals surface area contributed by atoms with Gasteiger partial charge in [-0.1, -0.05) is 42.1 Å². The number of fused-ring (bicyclic) bond motifs is 2. The molecule has 1 aromatic carbocycles. The Bertz CT molecular complexity index is 982. The van der Waals surface area contributed by atoms with Crippen molar-refractivity contribution in [2.75, 3.05) is 5.75 Å². The van der Waals surface area contributed by atoms with Crippen molar-refractivity contribution in [3.05, 3.63) is 52.4 Å². The molecule has 2 atom stereocenters. The van der Waals surface area contributed by atoms with Crippen LogP contribution in [0.3, 0.4) is 0 Å². The standard InChI is InChI=1S/C17H17N5O2S/c1-10(11-5-3-2-4-6-11)19-14(23)7-12-9-25-17-20-15-13(8-18-21-15)16(24)22(12)17/h2-6,8,10,12H,7,9H2,1H3,(H,18,21)(H,19,23). The predicted molar refractivity (Wildman–Crippen MR) is 95.5 cm³/mol. The summed E-state index contributed by atoms with van der Waals surface area (Å²) in [6, 6.07) is 9.54. The first-order chi connectivity index (χ1) is 12.1. The van der Waals surface area contributed by atoms with Crippen LogP contribution in [0.2, 0.25) is 0 Å². The topological polar surface area (TPSA) is 92.7 Å². The number of thioether (sulfide) groups is 1. The van der Waals surface area contributed by atoms with Crippen LogP contribution in [0.5, 0.6) is 0 Å². The van der Waals surface area contributed by atoms with E-state index in [1.165, 1.54) is 18.0 Å². The zero-order valence-corrected chi connectivity index (χ0v) is 14.4. The van der Waals surface area contributed by atoms with Gasteiger partial charge in [0.05, 0.1) is 18.3 Å². The third-order valence-corrected chi connectivity index (χ3v) is 5.45. The Kier molecular flexibility index (Phi) is 4.04. The van der Waals surface area contributed by atoms with E-state index in [4.69, 9.17) is 0 Å². The normalized spacial score (nSPS) is 17.4. The summed E-state index contributed by atoms with van der Waals surface area (Å²) in [4.78, 5) is 29.5. The zero-order valence-electron chi connectivity index (χ0n) is 13.6. The van der Waals surface area contributed by atoms with Crippen molar-refractivity contribution < 1.29 is 4.79 Å². The Morgan fingerprint density at radius 3 is 3.04 bits per heavy atom. The summed E-state index contributed by atoms with van der Waals surface area (Å²) in [7, 11) is 0. The number of carbonyl (C=O) groups is 1. The number of aromatic nitrogens is 4. The molecule has 0 spiro atoms. The minimum absolute atomic E-state index is 0.0750. The molecule has 0 fully saturated rings. The van der Waals surface area contributed by atoms with Gasteiger partial charge in [0.25, 0.3) is 5.56 Å². The molecule has 0 radical (unpaired) electrons. The smallest absolute Gasteiger partial charge is 0.265 e. The molecule has 8 heteroatoms. The van der Waals surface area contributed by atoms with Gasteiger partial charge >= 0.3 is 0 Å². The van der Waals surface area contributed by atoms with Crippen LogP contribution in [0.4, 0.5) is 0 Å². The largest absolute Gasteiger partial charge is 0.350 e. The fraction of sp³-hybridized carbons (Fsp3) is 0.294. The molecule has 7 nitrogen and oxygen atoms in total. The third kappa shape index (κ3) is 2.93. The van der Waals surface area contributed by atoms with Gasteiger partial charge in [-0.2, -0.15) is 5.10 Å². The zero-order chi connectivity index (χ0) is 17.4. The summed E-state index contributed by atoms with van der Waals surface area (Å²) >= 11 is 1.49. The Morgan fingerprint density at radius 1 is 1.44 bits per heavy atom. The van der Waals surface area contributed by atoms with Gasteiger partial charge in [-0.3, -0.25) is 19.3 Å². The number of nitrogens with one attached hydrogen (secondary N) is 2. The van der Waals surface area contributed by atoms with Gasteiger partial charge in [-0.25, -0.2) is 4.98 Å². The van der Waals surface area contributed by atoms with Gasteiger partial charge in [0.2, 0.25) is 5.91 Å². The second kappa shape index (κ2) is 6.36. The average Bonchev–Trinajstić information content (AvgIpc) is 3.23. The molecule has 128 valence electrons. The second-order valence-electron chi connectivity index (χ2n) is 6.07. The van der Waals surface area contributed by atoms with Crippen molar-refractivity contribution in [2.24, 2.45) is 0 Å². The number of benzene rings is 1. The monoisotopic (exact) mass is 355 g/mol. The molecular formula is C17H17N5O2S. The van der Waals surface area contributed by atoms with E-state index in [0.29, 0.717) is 21.9 Å². The molecule has 1 amide bonds. The van der Waals surface area contributed by atoms with Crippen molar-refractivity contribution in [2.45, 2.75) is 30.6 Å². The molecule has 2 aromatic heterocycles. The maximum Gasteiger partial charge on any atom is 0.265 e. The molecule has 0 aliphatic carbocycles. The first kappa shape index (κ1) is 15.9.